The van der Waals surface area contributed by atoms with Gasteiger partial charge in [-0.3, -0.25) is 0 Å². The number of halogens is 1. The summed E-state index contributed by atoms with van der Waals surface area (Å²) in [6.07, 6.45) is 0. The molecule has 2 rings (SSSR count). The van der Waals surface area contributed by atoms with Gasteiger partial charge >= 0.3 is 0 Å². The van der Waals surface area contributed by atoms with Gasteiger partial charge in [0.1, 0.15) is 11.8 Å². The topological polar surface area (TPSA) is 71.1 Å². The van der Waals surface area contributed by atoms with E-state index in [1.807, 2.05) is 12.1 Å². The molecule has 0 aromatic heterocycles. The van der Waals surface area contributed by atoms with Gasteiger partial charge in [-0.25, -0.2) is 0 Å². The molecule has 0 unspecified atom stereocenters. The molecule has 0 saturated carbocycles. The zero-order valence-corrected chi connectivity index (χ0v) is 11.9. The Balaban J connectivity index is 2.39. The summed E-state index contributed by atoms with van der Waals surface area (Å²) in [5.41, 5.74) is 8.44. The highest BCUT2D eigenvalue weighted by Crippen LogP contribution is 2.30. The van der Waals surface area contributed by atoms with E-state index in [4.69, 9.17) is 15.7 Å². The molecule has 96 valence electrons. The van der Waals surface area contributed by atoms with Crippen LogP contribution in [0, 0.1) is 11.3 Å². The van der Waals surface area contributed by atoms with Gasteiger partial charge in [0.2, 0.25) is 0 Å². The molecule has 0 atom stereocenters. The number of ether oxygens (including phenoxy) is 1. The molecule has 0 spiro atoms. The summed E-state index contributed by atoms with van der Waals surface area (Å²) in [7, 11) is 1.59. The van der Waals surface area contributed by atoms with Crippen LogP contribution in [-0.4, -0.2) is 7.11 Å². The van der Waals surface area contributed by atoms with Crippen LogP contribution in [0.3, 0.4) is 0 Å². The minimum Gasteiger partial charge on any atom is -0.497 e. The minimum atomic E-state index is 0.539. The summed E-state index contributed by atoms with van der Waals surface area (Å²) < 4.78 is 6.01. The third-order valence-corrected chi connectivity index (χ3v) is 3.13. The molecule has 0 aliphatic carbocycles. The van der Waals surface area contributed by atoms with E-state index in [2.05, 4.69) is 27.3 Å². The van der Waals surface area contributed by atoms with Crippen molar-refractivity contribution in [3.63, 3.8) is 0 Å². The Morgan fingerprint density at radius 1 is 1.21 bits per heavy atom. The first-order valence-corrected chi connectivity index (χ1v) is 6.33. The van der Waals surface area contributed by atoms with Gasteiger partial charge in [-0.1, -0.05) is 15.9 Å². The number of methoxy groups -OCH3 is 1. The number of hydrogen-bond donors (Lipinski definition) is 2. The summed E-state index contributed by atoms with van der Waals surface area (Å²) in [6.45, 7) is 0. The second-order valence-electron chi connectivity index (χ2n) is 3.88. The van der Waals surface area contributed by atoms with Crippen LogP contribution in [0.5, 0.6) is 5.75 Å². The van der Waals surface area contributed by atoms with Gasteiger partial charge in [0.15, 0.2) is 0 Å². The van der Waals surface area contributed by atoms with E-state index in [1.165, 1.54) is 0 Å². The molecular formula is C14H12BrN3O. The lowest BCUT2D eigenvalue weighted by Crippen LogP contribution is -1.98. The molecule has 19 heavy (non-hydrogen) atoms. The molecule has 2 aromatic carbocycles. The maximum atomic E-state index is 9.12. The molecule has 2 aromatic rings. The third-order valence-electron chi connectivity index (χ3n) is 2.63. The average Bonchev–Trinajstić information content (AvgIpc) is 2.43. The fourth-order valence-corrected chi connectivity index (χ4v) is 1.99. The molecule has 4 nitrogen and oxygen atoms in total. The summed E-state index contributed by atoms with van der Waals surface area (Å²) in [6, 6.07) is 12.9. The molecule has 0 fully saturated rings. The molecule has 0 radical (unpaired) electrons. The molecule has 3 N–H and O–H groups in total. The van der Waals surface area contributed by atoms with Crippen molar-refractivity contribution in [2.75, 3.05) is 18.2 Å². The second kappa shape index (κ2) is 5.63. The lowest BCUT2D eigenvalue weighted by molar-refractivity contribution is 0.415. The van der Waals surface area contributed by atoms with E-state index < -0.39 is 0 Å². The van der Waals surface area contributed by atoms with Crippen molar-refractivity contribution in [3.8, 4) is 11.8 Å². The van der Waals surface area contributed by atoms with Gasteiger partial charge in [-0.15, -0.1) is 0 Å². The predicted octanol–water partition coefficient (Wildman–Crippen LogP) is 3.66. The molecule has 0 saturated heterocycles. The molecule has 0 aliphatic heterocycles. The number of nitrogens with one attached hydrogen (secondary N) is 1. The first-order chi connectivity index (χ1) is 9.13. The van der Waals surface area contributed by atoms with E-state index in [9.17, 15) is 0 Å². The second-order valence-corrected chi connectivity index (χ2v) is 4.80. The Morgan fingerprint density at radius 3 is 2.68 bits per heavy atom. The lowest BCUT2D eigenvalue weighted by Gasteiger charge is -2.12. The molecular weight excluding hydrogens is 306 g/mol. The third kappa shape index (κ3) is 2.98. The Hall–Kier alpha value is -2.19. The standard InChI is InChI=1S/C14H12BrN3O/c1-19-11-3-4-12(17)14(7-11)18-13-5-2-10(15)6-9(13)8-16/h2-7,18H,17H2,1H3. The maximum Gasteiger partial charge on any atom is 0.121 e. The number of benzene rings is 2. The summed E-state index contributed by atoms with van der Waals surface area (Å²) in [4.78, 5) is 0. The van der Waals surface area contributed by atoms with Crippen LogP contribution in [0.2, 0.25) is 0 Å². The SMILES string of the molecule is COc1ccc(N)c(Nc2ccc(Br)cc2C#N)c1. The number of rotatable bonds is 3. The van der Waals surface area contributed by atoms with Crippen molar-refractivity contribution in [1.82, 2.24) is 0 Å². The van der Waals surface area contributed by atoms with Crippen molar-refractivity contribution >= 4 is 33.0 Å². The number of nitrogens with two attached hydrogens (primary N) is 1. The summed E-state index contributed by atoms with van der Waals surface area (Å²) in [5.74, 6) is 0.701. The fraction of sp³-hybridized carbons (Fsp3) is 0.0714. The van der Waals surface area contributed by atoms with Crippen LogP contribution in [0.1, 0.15) is 5.56 Å². The van der Waals surface area contributed by atoms with Crippen LogP contribution >= 0.6 is 15.9 Å². The highest BCUT2D eigenvalue weighted by Gasteiger charge is 2.06. The first kappa shape index (κ1) is 13.2. The van der Waals surface area contributed by atoms with Crippen LogP contribution in [0.4, 0.5) is 17.1 Å². The number of nitrogens with zero attached hydrogens (tertiary/aromatic N) is 1. The van der Waals surface area contributed by atoms with Gasteiger partial charge in [0.05, 0.1) is 29.7 Å². The van der Waals surface area contributed by atoms with E-state index in [-0.39, 0.29) is 0 Å². The smallest absolute Gasteiger partial charge is 0.121 e. The number of nitrogen functional groups attached to an aromatic ring is 1. The Morgan fingerprint density at radius 2 is 2.00 bits per heavy atom. The number of nitriles is 1. The zero-order valence-electron chi connectivity index (χ0n) is 10.3. The van der Waals surface area contributed by atoms with Crippen molar-refractivity contribution in [3.05, 3.63) is 46.4 Å². The van der Waals surface area contributed by atoms with Crippen LogP contribution in [0.25, 0.3) is 0 Å². The van der Waals surface area contributed by atoms with Crippen molar-refractivity contribution in [2.24, 2.45) is 0 Å². The predicted molar refractivity (Wildman–Crippen MR) is 79.5 cm³/mol. The number of hydrogen-bond acceptors (Lipinski definition) is 4. The molecule has 5 heteroatoms. The van der Waals surface area contributed by atoms with Gasteiger partial charge in [0, 0.05) is 10.5 Å². The molecule has 0 heterocycles. The fourth-order valence-electron chi connectivity index (χ4n) is 1.63. The largest absolute Gasteiger partial charge is 0.497 e. The highest BCUT2D eigenvalue weighted by molar-refractivity contribution is 9.10. The van der Waals surface area contributed by atoms with Gasteiger partial charge in [0.25, 0.3) is 0 Å². The molecule has 0 amide bonds. The zero-order chi connectivity index (χ0) is 13.8. The quantitative estimate of drug-likeness (QED) is 0.847. The molecule has 0 bridgehead atoms. The summed E-state index contributed by atoms with van der Waals surface area (Å²) >= 11 is 3.34. The van der Waals surface area contributed by atoms with Crippen LogP contribution in [0.15, 0.2) is 40.9 Å². The monoisotopic (exact) mass is 317 g/mol. The van der Waals surface area contributed by atoms with E-state index >= 15 is 0 Å². The minimum absolute atomic E-state index is 0.539. The Bertz CT molecular complexity index is 650. The number of anilines is 3. The van der Waals surface area contributed by atoms with Crippen molar-refractivity contribution in [2.45, 2.75) is 0 Å². The van der Waals surface area contributed by atoms with E-state index in [0.717, 1.165) is 4.47 Å². The first-order valence-electron chi connectivity index (χ1n) is 5.54. The lowest BCUT2D eigenvalue weighted by atomic mass is 10.1. The van der Waals surface area contributed by atoms with Gasteiger partial charge in [-0.05, 0) is 30.3 Å². The van der Waals surface area contributed by atoms with Gasteiger partial charge in [-0.2, -0.15) is 5.26 Å². The van der Waals surface area contributed by atoms with Crippen LogP contribution in [-0.2, 0) is 0 Å². The summed E-state index contributed by atoms with van der Waals surface area (Å²) in [5, 5.41) is 12.3. The van der Waals surface area contributed by atoms with Crippen LogP contribution < -0.4 is 15.8 Å². The normalized spacial score (nSPS) is 9.74. The Kier molecular flexibility index (Phi) is 3.93. The average molecular weight is 318 g/mol. The van der Waals surface area contributed by atoms with E-state index in [0.29, 0.717) is 28.4 Å². The highest BCUT2D eigenvalue weighted by atomic mass is 79.9. The maximum absolute atomic E-state index is 9.12. The Labute approximate surface area is 119 Å². The molecule has 0 aliphatic rings. The van der Waals surface area contributed by atoms with Gasteiger partial charge < -0.3 is 15.8 Å². The van der Waals surface area contributed by atoms with E-state index in [1.54, 1.807) is 31.4 Å². The van der Waals surface area contributed by atoms with Crippen molar-refractivity contribution < 1.29 is 4.74 Å². The van der Waals surface area contributed by atoms with Crippen molar-refractivity contribution in [1.29, 1.82) is 5.26 Å².